The molecule has 0 heterocycles. The number of halogens is 1. The molecule has 1 rings (SSSR count). The van der Waals surface area contributed by atoms with Crippen LogP contribution in [0.5, 0.6) is 5.75 Å². The number of carbonyl (C=O) groups excluding carboxylic acids is 1. The number of aliphatic hydroxyl groups excluding tert-OH is 1. The average Bonchev–Trinajstić information content (AvgIpc) is 2.34. The van der Waals surface area contributed by atoms with Crippen LogP contribution in [0.25, 0.3) is 0 Å². The van der Waals surface area contributed by atoms with Gasteiger partial charge in [-0.15, -0.1) is 0 Å². The molecule has 1 amide bonds. The van der Waals surface area contributed by atoms with Gasteiger partial charge in [0.25, 0.3) is 0 Å². The van der Waals surface area contributed by atoms with Crippen molar-refractivity contribution in [2.75, 3.05) is 13.7 Å². The van der Waals surface area contributed by atoms with Crippen molar-refractivity contribution < 1.29 is 19.4 Å². The average molecular weight is 346 g/mol. The Labute approximate surface area is 127 Å². The summed E-state index contributed by atoms with van der Waals surface area (Å²) in [6, 6.07) is 4.78. The standard InChI is InChI=1S/C14H20BrNO4/c1-14(2,3)20-13(18)16-11(8-17)10-6-5-9(15)7-12(10)19-4/h5-7,11,17H,8H2,1-4H3,(H,16,18)/t11-/m1/s1. The lowest BCUT2D eigenvalue weighted by Gasteiger charge is -2.23. The van der Waals surface area contributed by atoms with E-state index in [4.69, 9.17) is 9.47 Å². The second-order valence-electron chi connectivity index (χ2n) is 5.27. The maximum atomic E-state index is 11.8. The summed E-state index contributed by atoms with van der Waals surface area (Å²) in [6.45, 7) is 5.08. The van der Waals surface area contributed by atoms with Gasteiger partial charge in [0, 0.05) is 10.0 Å². The van der Waals surface area contributed by atoms with Crippen LogP contribution >= 0.6 is 15.9 Å². The fourth-order valence-corrected chi connectivity index (χ4v) is 1.98. The summed E-state index contributed by atoms with van der Waals surface area (Å²) >= 11 is 3.34. The van der Waals surface area contributed by atoms with Gasteiger partial charge in [0.15, 0.2) is 0 Å². The molecule has 0 radical (unpaired) electrons. The van der Waals surface area contributed by atoms with E-state index in [2.05, 4.69) is 21.2 Å². The molecule has 0 aliphatic rings. The van der Waals surface area contributed by atoms with Gasteiger partial charge >= 0.3 is 6.09 Å². The van der Waals surface area contributed by atoms with Gasteiger partial charge in [0.05, 0.1) is 19.8 Å². The van der Waals surface area contributed by atoms with Crippen LogP contribution in [0, 0.1) is 0 Å². The topological polar surface area (TPSA) is 67.8 Å². The van der Waals surface area contributed by atoms with Crippen LogP contribution in [-0.2, 0) is 4.74 Å². The number of ether oxygens (including phenoxy) is 2. The maximum Gasteiger partial charge on any atom is 0.408 e. The SMILES string of the molecule is COc1cc(Br)ccc1[C@@H](CO)NC(=O)OC(C)(C)C. The van der Waals surface area contributed by atoms with Crippen LogP contribution in [0.2, 0.25) is 0 Å². The number of hydrogen-bond donors (Lipinski definition) is 2. The van der Waals surface area contributed by atoms with E-state index in [1.807, 2.05) is 6.07 Å². The minimum atomic E-state index is -0.590. The molecular weight excluding hydrogens is 326 g/mol. The summed E-state index contributed by atoms with van der Waals surface area (Å²) < 4.78 is 11.3. The van der Waals surface area contributed by atoms with E-state index in [9.17, 15) is 9.90 Å². The van der Waals surface area contributed by atoms with Gasteiger partial charge in [-0.25, -0.2) is 4.79 Å². The van der Waals surface area contributed by atoms with Crippen molar-refractivity contribution in [2.24, 2.45) is 0 Å². The van der Waals surface area contributed by atoms with Crippen molar-refractivity contribution in [3.63, 3.8) is 0 Å². The first-order valence-corrected chi connectivity index (χ1v) is 7.00. The highest BCUT2D eigenvalue weighted by molar-refractivity contribution is 9.10. The molecule has 0 saturated heterocycles. The summed E-state index contributed by atoms with van der Waals surface area (Å²) in [7, 11) is 1.53. The number of amides is 1. The molecule has 0 aromatic heterocycles. The smallest absolute Gasteiger partial charge is 0.408 e. The Morgan fingerprint density at radius 3 is 2.60 bits per heavy atom. The number of hydrogen-bond acceptors (Lipinski definition) is 4. The van der Waals surface area contributed by atoms with Crippen molar-refractivity contribution in [1.29, 1.82) is 0 Å². The van der Waals surface area contributed by atoms with E-state index in [-0.39, 0.29) is 6.61 Å². The first kappa shape index (κ1) is 16.8. The monoisotopic (exact) mass is 345 g/mol. The Kier molecular flexibility index (Phi) is 5.83. The molecule has 0 aliphatic heterocycles. The van der Waals surface area contributed by atoms with Crippen molar-refractivity contribution in [3.8, 4) is 5.75 Å². The zero-order chi connectivity index (χ0) is 15.3. The predicted molar refractivity (Wildman–Crippen MR) is 79.9 cm³/mol. The molecule has 1 atom stereocenters. The predicted octanol–water partition coefficient (Wildman–Crippen LogP) is 3.02. The molecule has 1 aromatic carbocycles. The van der Waals surface area contributed by atoms with Crippen molar-refractivity contribution in [2.45, 2.75) is 32.4 Å². The molecule has 5 nitrogen and oxygen atoms in total. The minimum absolute atomic E-state index is 0.253. The van der Waals surface area contributed by atoms with Crippen molar-refractivity contribution >= 4 is 22.0 Å². The molecule has 0 fully saturated rings. The van der Waals surface area contributed by atoms with E-state index < -0.39 is 17.7 Å². The number of benzene rings is 1. The number of alkyl carbamates (subject to hydrolysis) is 1. The van der Waals surface area contributed by atoms with E-state index in [0.29, 0.717) is 11.3 Å². The van der Waals surface area contributed by atoms with Gasteiger partial charge in [0.2, 0.25) is 0 Å². The van der Waals surface area contributed by atoms with Crippen LogP contribution in [0.15, 0.2) is 22.7 Å². The summed E-state index contributed by atoms with van der Waals surface area (Å²) in [6.07, 6.45) is -0.582. The molecule has 6 heteroatoms. The molecule has 0 unspecified atom stereocenters. The molecule has 0 spiro atoms. The third kappa shape index (κ3) is 5.02. The molecule has 2 N–H and O–H groups in total. The van der Waals surface area contributed by atoms with Crippen LogP contribution in [-0.4, -0.2) is 30.5 Å². The molecule has 112 valence electrons. The Bertz CT molecular complexity index is 471. The van der Waals surface area contributed by atoms with Gasteiger partial charge in [-0.05, 0) is 32.9 Å². The van der Waals surface area contributed by atoms with E-state index >= 15 is 0 Å². The normalized spacial score (nSPS) is 12.7. The fourth-order valence-electron chi connectivity index (χ4n) is 1.64. The molecule has 0 saturated carbocycles. The van der Waals surface area contributed by atoms with Crippen molar-refractivity contribution in [1.82, 2.24) is 5.32 Å². The lowest BCUT2D eigenvalue weighted by molar-refractivity contribution is 0.0481. The van der Waals surface area contributed by atoms with Crippen LogP contribution < -0.4 is 10.1 Å². The maximum absolute atomic E-state index is 11.8. The summed E-state index contributed by atoms with van der Waals surface area (Å²) in [5.41, 5.74) is 0.0949. The number of aliphatic hydroxyl groups is 1. The third-order valence-corrected chi connectivity index (χ3v) is 2.94. The fraction of sp³-hybridized carbons (Fsp3) is 0.500. The first-order chi connectivity index (χ1) is 9.26. The Hall–Kier alpha value is -1.27. The quantitative estimate of drug-likeness (QED) is 0.880. The van der Waals surface area contributed by atoms with E-state index in [1.165, 1.54) is 7.11 Å². The number of carbonyl (C=O) groups is 1. The van der Waals surface area contributed by atoms with Gasteiger partial charge < -0.3 is 19.9 Å². The lowest BCUT2D eigenvalue weighted by atomic mass is 10.1. The Morgan fingerprint density at radius 2 is 2.10 bits per heavy atom. The van der Waals surface area contributed by atoms with Crippen LogP contribution in [0.4, 0.5) is 4.79 Å². The third-order valence-electron chi connectivity index (χ3n) is 2.44. The molecule has 0 aliphatic carbocycles. The summed E-state index contributed by atoms with van der Waals surface area (Å²) in [5, 5.41) is 12.1. The van der Waals surface area contributed by atoms with Crippen LogP contribution in [0.3, 0.4) is 0 Å². The lowest BCUT2D eigenvalue weighted by Crippen LogP contribution is -2.36. The van der Waals surface area contributed by atoms with Crippen molar-refractivity contribution in [3.05, 3.63) is 28.2 Å². The first-order valence-electron chi connectivity index (χ1n) is 6.20. The number of rotatable bonds is 4. The molecular formula is C14H20BrNO4. The van der Waals surface area contributed by atoms with E-state index in [1.54, 1.807) is 32.9 Å². The van der Waals surface area contributed by atoms with Gasteiger partial charge in [0.1, 0.15) is 11.4 Å². The number of methoxy groups -OCH3 is 1. The second-order valence-corrected chi connectivity index (χ2v) is 6.18. The summed E-state index contributed by atoms with van der Waals surface area (Å²) in [4.78, 5) is 11.8. The Balaban J connectivity index is 2.89. The molecule has 20 heavy (non-hydrogen) atoms. The highest BCUT2D eigenvalue weighted by atomic mass is 79.9. The van der Waals surface area contributed by atoms with Gasteiger partial charge in [-0.2, -0.15) is 0 Å². The zero-order valence-electron chi connectivity index (χ0n) is 12.1. The summed E-state index contributed by atoms with van der Waals surface area (Å²) in [5.74, 6) is 0.578. The van der Waals surface area contributed by atoms with E-state index in [0.717, 1.165) is 4.47 Å². The largest absolute Gasteiger partial charge is 0.496 e. The highest BCUT2D eigenvalue weighted by Gasteiger charge is 2.22. The van der Waals surface area contributed by atoms with Crippen LogP contribution in [0.1, 0.15) is 32.4 Å². The van der Waals surface area contributed by atoms with Gasteiger partial charge in [-0.1, -0.05) is 22.0 Å². The number of nitrogens with one attached hydrogen (secondary N) is 1. The van der Waals surface area contributed by atoms with Gasteiger partial charge in [-0.3, -0.25) is 0 Å². The minimum Gasteiger partial charge on any atom is -0.496 e. The molecule has 1 aromatic rings. The molecule has 0 bridgehead atoms. The zero-order valence-corrected chi connectivity index (χ0v) is 13.7. The second kappa shape index (κ2) is 6.95. The highest BCUT2D eigenvalue weighted by Crippen LogP contribution is 2.28. The Morgan fingerprint density at radius 1 is 1.45 bits per heavy atom.